The Morgan fingerprint density at radius 3 is 2.68 bits per heavy atom. The Kier molecular flexibility index (Phi) is 5.84. The molecule has 0 aromatic heterocycles. The lowest BCUT2D eigenvalue weighted by Crippen LogP contribution is -2.42. The quantitative estimate of drug-likeness (QED) is 0.344. The van der Waals surface area contributed by atoms with Crippen molar-refractivity contribution >= 4 is 23.6 Å². The minimum atomic E-state index is -0.910. The van der Waals surface area contributed by atoms with E-state index >= 15 is 0 Å². The van der Waals surface area contributed by atoms with E-state index in [1.54, 1.807) is 17.9 Å². The fourth-order valence-corrected chi connectivity index (χ4v) is 3.11. The molecule has 0 radical (unpaired) electrons. The zero-order valence-electron chi connectivity index (χ0n) is 15.4. The van der Waals surface area contributed by atoms with Crippen molar-refractivity contribution in [3.8, 4) is 0 Å². The molecular weight excluding hydrogens is 360 g/mol. The molecular formula is C21H20N2O5. The van der Waals surface area contributed by atoms with Crippen LogP contribution in [0.4, 0.5) is 5.69 Å². The van der Waals surface area contributed by atoms with E-state index in [9.17, 15) is 19.7 Å². The van der Waals surface area contributed by atoms with Gasteiger partial charge in [-0.05, 0) is 36.1 Å². The third kappa shape index (κ3) is 4.62. The Bertz CT molecular complexity index is 938. The summed E-state index contributed by atoms with van der Waals surface area (Å²) in [6.45, 7) is 2.63. The first-order chi connectivity index (χ1) is 13.4. The summed E-state index contributed by atoms with van der Waals surface area (Å²) in [5.41, 5.74) is 2.77. The van der Waals surface area contributed by atoms with Crippen molar-refractivity contribution in [3.63, 3.8) is 0 Å². The maximum atomic E-state index is 12.6. The second kappa shape index (κ2) is 8.47. The average Bonchev–Trinajstić information content (AvgIpc) is 2.71. The Hall–Kier alpha value is -3.48. The summed E-state index contributed by atoms with van der Waals surface area (Å²) >= 11 is 0. The van der Waals surface area contributed by atoms with E-state index in [1.807, 2.05) is 18.2 Å². The number of benzene rings is 2. The molecule has 0 spiro atoms. The number of ether oxygens (including phenoxy) is 1. The number of esters is 1. The second-order valence-corrected chi connectivity index (χ2v) is 6.54. The van der Waals surface area contributed by atoms with E-state index in [2.05, 4.69) is 6.07 Å². The van der Waals surface area contributed by atoms with Crippen LogP contribution in [0.2, 0.25) is 0 Å². The van der Waals surface area contributed by atoms with Gasteiger partial charge in [-0.25, -0.2) is 4.79 Å². The Morgan fingerprint density at radius 2 is 1.93 bits per heavy atom. The fourth-order valence-electron chi connectivity index (χ4n) is 3.11. The second-order valence-electron chi connectivity index (χ2n) is 6.54. The van der Waals surface area contributed by atoms with Crippen LogP contribution in [-0.4, -0.2) is 34.3 Å². The summed E-state index contributed by atoms with van der Waals surface area (Å²) in [5.74, 6) is -0.920. The molecule has 3 rings (SSSR count). The minimum Gasteiger partial charge on any atom is -0.449 e. The van der Waals surface area contributed by atoms with Crippen LogP contribution in [0.3, 0.4) is 0 Å². The zero-order valence-corrected chi connectivity index (χ0v) is 15.4. The number of nitro benzene ring substituents is 1. The number of carbonyl (C=O) groups excluding carboxylic acids is 2. The van der Waals surface area contributed by atoms with Crippen molar-refractivity contribution in [2.45, 2.75) is 26.0 Å². The van der Waals surface area contributed by atoms with Crippen LogP contribution < -0.4 is 0 Å². The number of non-ortho nitro benzene ring substituents is 1. The van der Waals surface area contributed by atoms with Crippen molar-refractivity contribution in [1.29, 1.82) is 0 Å². The summed E-state index contributed by atoms with van der Waals surface area (Å²) in [7, 11) is 0. The third-order valence-electron chi connectivity index (χ3n) is 4.58. The van der Waals surface area contributed by atoms with E-state index in [0.717, 1.165) is 18.1 Å². The molecule has 0 aliphatic carbocycles. The average molecular weight is 380 g/mol. The molecule has 0 N–H and O–H groups in total. The van der Waals surface area contributed by atoms with Gasteiger partial charge in [0.15, 0.2) is 6.10 Å². The molecule has 1 amide bonds. The minimum absolute atomic E-state index is 0.0653. The van der Waals surface area contributed by atoms with Crippen molar-refractivity contribution < 1.29 is 19.2 Å². The summed E-state index contributed by atoms with van der Waals surface area (Å²) < 4.78 is 5.20. The number of amides is 1. The van der Waals surface area contributed by atoms with Gasteiger partial charge in [-0.2, -0.15) is 0 Å². The van der Waals surface area contributed by atoms with Crippen LogP contribution in [-0.2, 0) is 27.3 Å². The molecule has 0 saturated carbocycles. The molecule has 0 saturated heterocycles. The fraction of sp³-hybridized carbons (Fsp3) is 0.238. The van der Waals surface area contributed by atoms with Gasteiger partial charge >= 0.3 is 5.97 Å². The molecule has 144 valence electrons. The number of carbonyl (C=O) groups is 2. The normalized spacial score (nSPS) is 14.4. The zero-order chi connectivity index (χ0) is 20.1. The molecule has 7 heteroatoms. The van der Waals surface area contributed by atoms with Crippen LogP contribution in [0, 0.1) is 10.1 Å². The highest BCUT2D eigenvalue weighted by Crippen LogP contribution is 2.19. The predicted molar refractivity (Wildman–Crippen MR) is 103 cm³/mol. The molecule has 1 atom stereocenters. The van der Waals surface area contributed by atoms with Gasteiger partial charge in [-0.1, -0.05) is 36.4 Å². The molecule has 28 heavy (non-hydrogen) atoms. The first-order valence-electron chi connectivity index (χ1n) is 8.93. The monoisotopic (exact) mass is 380 g/mol. The van der Waals surface area contributed by atoms with E-state index < -0.39 is 17.0 Å². The van der Waals surface area contributed by atoms with Gasteiger partial charge < -0.3 is 9.64 Å². The molecule has 1 aliphatic heterocycles. The summed E-state index contributed by atoms with van der Waals surface area (Å²) in [4.78, 5) is 36.6. The highest BCUT2D eigenvalue weighted by molar-refractivity contribution is 5.90. The van der Waals surface area contributed by atoms with E-state index in [1.165, 1.54) is 29.8 Å². The highest BCUT2D eigenvalue weighted by Gasteiger charge is 2.26. The lowest BCUT2D eigenvalue weighted by molar-refractivity contribution is -0.384. The van der Waals surface area contributed by atoms with Crippen molar-refractivity contribution in [2.75, 3.05) is 6.54 Å². The molecule has 0 bridgehead atoms. The third-order valence-corrected chi connectivity index (χ3v) is 4.58. The first kappa shape index (κ1) is 19.3. The van der Waals surface area contributed by atoms with Crippen LogP contribution in [0.25, 0.3) is 6.08 Å². The summed E-state index contributed by atoms with van der Waals surface area (Å²) in [5, 5.41) is 10.8. The van der Waals surface area contributed by atoms with Crippen LogP contribution in [0.5, 0.6) is 0 Å². The van der Waals surface area contributed by atoms with Gasteiger partial charge in [0.25, 0.3) is 11.6 Å². The number of hydrogen-bond acceptors (Lipinski definition) is 5. The Balaban J connectivity index is 1.57. The van der Waals surface area contributed by atoms with E-state index in [4.69, 9.17) is 4.74 Å². The molecule has 0 unspecified atom stereocenters. The van der Waals surface area contributed by atoms with Crippen LogP contribution in [0.15, 0.2) is 54.6 Å². The molecule has 0 fully saturated rings. The summed E-state index contributed by atoms with van der Waals surface area (Å²) in [6.07, 6.45) is 2.44. The Morgan fingerprint density at radius 1 is 1.18 bits per heavy atom. The van der Waals surface area contributed by atoms with Gasteiger partial charge in [0.2, 0.25) is 0 Å². The molecule has 1 aliphatic rings. The van der Waals surface area contributed by atoms with Gasteiger partial charge in [-0.3, -0.25) is 14.9 Å². The van der Waals surface area contributed by atoms with E-state index in [-0.39, 0.29) is 11.6 Å². The SMILES string of the molecule is C[C@@H](OC(=O)/C=C/c1cccc([N+](=O)[O-])c1)C(=O)N1CCc2ccccc2C1. The topological polar surface area (TPSA) is 89.7 Å². The number of rotatable bonds is 5. The standard InChI is InChI=1S/C21H20N2O5/c1-15(21(25)22-12-11-17-6-2-3-7-18(17)14-22)28-20(24)10-9-16-5-4-8-19(13-16)23(26)27/h2-10,13,15H,11-12,14H2,1H3/b10-9+/t15-/m1/s1. The van der Waals surface area contributed by atoms with Gasteiger partial charge in [0.05, 0.1) is 4.92 Å². The Labute approximate surface area is 162 Å². The predicted octanol–water partition coefficient (Wildman–Crippen LogP) is 3.12. The lowest BCUT2D eigenvalue weighted by atomic mass is 9.99. The smallest absolute Gasteiger partial charge is 0.331 e. The number of nitro groups is 1. The van der Waals surface area contributed by atoms with Crippen molar-refractivity contribution in [2.24, 2.45) is 0 Å². The van der Waals surface area contributed by atoms with Crippen molar-refractivity contribution in [3.05, 3.63) is 81.4 Å². The van der Waals surface area contributed by atoms with E-state index in [0.29, 0.717) is 18.7 Å². The van der Waals surface area contributed by atoms with Gasteiger partial charge in [0, 0.05) is 31.3 Å². The molecule has 1 heterocycles. The largest absolute Gasteiger partial charge is 0.449 e. The maximum Gasteiger partial charge on any atom is 0.331 e. The van der Waals surface area contributed by atoms with Crippen molar-refractivity contribution in [1.82, 2.24) is 4.90 Å². The number of fused-ring (bicyclic) bond motifs is 1. The molecule has 7 nitrogen and oxygen atoms in total. The molecule has 2 aromatic rings. The van der Waals surface area contributed by atoms with Gasteiger partial charge in [-0.15, -0.1) is 0 Å². The van der Waals surface area contributed by atoms with Crippen LogP contribution in [0.1, 0.15) is 23.6 Å². The maximum absolute atomic E-state index is 12.6. The van der Waals surface area contributed by atoms with Gasteiger partial charge in [0.1, 0.15) is 0 Å². The van der Waals surface area contributed by atoms with Crippen LogP contribution >= 0.6 is 0 Å². The summed E-state index contributed by atoms with van der Waals surface area (Å²) in [6, 6.07) is 13.9. The number of nitrogens with zero attached hydrogens (tertiary/aromatic N) is 2. The number of hydrogen-bond donors (Lipinski definition) is 0. The highest BCUT2D eigenvalue weighted by atomic mass is 16.6. The lowest BCUT2D eigenvalue weighted by Gasteiger charge is -2.30. The first-order valence-corrected chi connectivity index (χ1v) is 8.93. The molecule has 2 aromatic carbocycles.